The molecule has 0 bridgehead atoms. The summed E-state index contributed by atoms with van der Waals surface area (Å²) in [6.07, 6.45) is 3.54. The lowest BCUT2D eigenvalue weighted by molar-refractivity contribution is -0.0166. The van der Waals surface area contributed by atoms with Gasteiger partial charge in [0.05, 0.1) is 72.7 Å². The molecule has 0 aromatic rings. The first-order chi connectivity index (χ1) is 13.9. The lowest BCUT2D eigenvalue weighted by Crippen LogP contribution is -2.14. The molecule has 0 amide bonds. The number of hydrogen-bond donors (Lipinski definition) is 0. The molecule has 0 spiro atoms. The van der Waals surface area contributed by atoms with Crippen molar-refractivity contribution >= 4 is 0 Å². The number of methoxy groups -OCH3 is 1. The molecule has 28 heavy (non-hydrogen) atoms. The average Bonchev–Trinajstić information content (AvgIpc) is 2.71. The molecule has 0 aliphatic rings. The fourth-order valence-electron chi connectivity index (χ4n) is 1.94. The van der Waals surface area contributed by atoms with E-state index < -0.39 is 0 Å². The molecule has 0 aliphatic heterocycles. The van der Waals surface area contributed by atoms with Crippen molar-refractivity contribution in [2.45, 2.75) is 12.8 Å². The van der Waals surface area contributed by atoms with Gasteiger partial charge in [-0.15, -0.1) is 6.58 Å². The van der Waals surface area contributed by atoms with Crippen molar-refractivity contribution in [2.75, 3.05) is 106 Å². The Balaban J connectivity index is 2.97. The molecule has 8 heteroatoms. The van der Waals surface area contributed by atoms with E-state index in [9.17, 15) is 0 Å². The standard InChI is InChI=1S/C20H40O8/c1-3-6-22-11-13-25-15-17-27-19-20-28-18-16-26-14-12-24-10-5-9-23-8-4-7-21-2/h3H,1,4-20H2,2H3. The van der Waals surface area contributed by atoms with E-state index in [1.165, 1.54) is 0 Å². The Morgan fingerprint density at radius 1 is 0.464 bits per heavy atom. The second kappa shape index (κ2) is 26.4. The highest BCUT2D eigenvalue weighted by Crippen LogP contribution is 1.89. The van der Waals surface area contributed by atoms with Crippen LogP contribution in [0.3, 0.4) is 0 Å². The monoisotopic (exact) mass is 408 g/mol. The fourth-order valence-corrected chi connectivity index (χ4v) is 1.94. The normalized spacial score (nSPS) is 11.2. The molecule has 0 aromatic carbocycles. The third kappa shape index (κ3) is 25.4. The van der Waals surface area contributed by atoms with Crippen LogP contribution in [-0.2, 0) is 37.9 Å². The Labute approximate surface area is 170 Å². The minimum atomic E-state index is 0.548. The molecule has 0 radical (unpaired) electrons. The van der Waals surface area contributed by atoms with Crippen LogP contribution >= 0.6 is 0 Å². The van der Waals surface area contributed by atoms with Crippen LogP contribution in [0.2, 0.25) is 0 Å². The third-order valence-corrected chi connectivity index (χ3v) is 3.31. The Hall–Kier alpha value is -0.580. The van der Waals surface area contributed by atoms with E-state index in [2.05, 4.69) is 6.58 Å². The molecule has 0 saturated carbocycles. The molecule has 0 atom stereocenters. The maximum atomic E-state index is 5.47. The van der Waals surface area contributed by atoms with Crippen molar-refractivity contribution in [1.29, 1.82) is 0 Å². The second-order valence-electron chi connectivity index (χ2n) is 5.74. The van der Waals surface area contributed by atoms with E-state index in [0.717, 1.165) is 32.7 Å². The predicted molar refractivity (Wildman–Crippen MR) is 107 cm³/mol. The molecule has 0 saturated heterocycles. The van der Waals surface area contributed by atoms with Gasteiger partial charge in [-0.25, -0.2) is 0 Å². The first-order valence-electron chi connectivity index (χ1n) is 10.1. The molecule has 0 fully saturated rings. The Morgan fingerprint density at radius 3 is 1.18 bits per heavy atom. The summed E-state index contributed by atoms with van der Waals surface area (Å²) in [5, 5.41) is 0. The van der Waals surface area contributed by atoms with Crippen LogP contribution in [0.5, 0.6) is 0 Å². The van der Waals surface area contributed by atoms with Gasteiger partial charge in [0.2, 0.25) is 0 Å². The van der Waals surface area contributed by atoms with E-state index in [1.54, 1.807) is 13.2 Å². The summed E-state index contributed by atoms with van der Waals surface area (Å²) in [6, 6.07) is 0. The largest absolute Gasteiger partial charge is 0.385 e. The quantitative estimate of drug-likeness (QED) is 0.167. The number of hydrogen-bond acceptors (Lipinski definition) is 8. The summed E-state index contributed by atoms with van der Waals surface area (Å²) in [5.74, 6) is 0. The van der Waals surface area contributed by atoms with Crippen LogP contribution in [0.1, 0.15) is 12.8 Å². The Morgan fingerprint density at radius 2 is 0.786 bits per heavy atom. The van der Waals surface area contributed by atoms with Crippen LogP contribution in [0.25, 0.3) is 0 Å². The van der Waals surface area contributed by atoms with Gasteiger partial charge < -0.3 is 37.9 Å². The summed E-state index contributed by atoms with van der Waals surface area (Å²) >= 11 is 0. The molecule has 0 heterocycles. The number of ether oxygens (including phenoxy) is 8. The van der Waals surface area contributed by atoms with E-state index >= 15 is 0 Å². The van der Waals surface area contributed by atoms with Crippen molar-refractivity contribution in [3.05, 3.63) is 12.7 Å². The lowest BCUT2D eigenvalue weighted by atomic mass is 10.4. The molecule has 168 valence electrons. The highest BCUT2D eigenvalue weighted by atomic mass is 16.6. The maximum absolute atomic E-state index is 5.47. The zero-order valence-corrected chi connectivity index (χ0v) is 17.6. The molecule has 0 aliphatic carbocycles. The van der Waals surface area contributed by atoms with Gasteiger partial charge in [0.1, 0.15) is 0 Å². The highest BCUT2D eigenvalue weighted by molar-refractivity contribution is 4.63. The topological polar surface area (TPSA) is 73.8 Å². The van der Waals surface area contributed by atoms with Crippen LogP contribution in [-0.4, -0.2) is 106 Å². The molecular weight excluding hydrogens is 368 g/mol. The predicted octanol–water partition coefficient (Wildman–Crippen LogP) is 1.72. The minimum Gasteiger partial charge on any atom is -0.385 e. The van der Waals surface area contributed by atoms with Crippen molar-refractivity contribution in [3.8, 4) is 0 Å². The molecular formula is C20H40O8. The SMILES string of the molecule is C=CCOCCOCCOCCOCCOCCOCCCOCCCOC. The van der Waals surface area contributed by atoms with Gasteiger partial charge in [0, 0.05) is 33.5 Å². The van der Waals surface area contributed by atoms with Gasteiger partial charge in [-0.3, -0.25) is 0 Å². The van der Waals surface area contributed by atoms with Crippen molar-refractivity contribution < 1.29 is 37.9 Å². The lowest BCUT2D eigenvalue weighted by Gasteiger charge is -2.08. The van der Waals surface area contributed by atoms with Gasteiger partial charge in [0.15, 0.2) is 0 Å². The van der Waals surface area contributed by atoms with Gasteiger partial charge >= 0.3 is 0 Å². The summed E-state index contributed by atoms with van der Waals surface area (Å²) < 4.78 is 42.6. The first-order valence-corrected chi connectivity index (χ1v) is 10.1. The van der Waals surface area contributed by atoms with Crippen molar-refractivity contribution in [1.82, 2.24) is 0 Å². The molecule has 0 unspecified atom stereocenters. The average molecular weight is 409 g/mol. The molecule has 0 rings (SSSR count). The van der Waals surface area contributed by atoms with Crippen molar-refractivity contribution in [3.63, 3.8) is 0 Å². The van der Waals surface area contributed by atoms with Gasteiger partial charge in [0.25, 0.3) is 0 Å². The van der Waals surface area contributed by atoms with Gasteiger partial charge in [-0.1, -0.05) is 6.08 Å². The van der Waals surface area contributed by atoms with Crippen LogP contribution in [0, 0.1) is 0 Å². The van der Waals surface area contributed by atoms with Crippen LogP contribution < -0.4 is 0 Å². The first kappa shape index (κ1) is 27.4. The summed E-state index contributed by atoms with van der Waals surface area (Å²) in [4.78, 5) is 0. The fraction of sp³-hybridized carbons (Fsp3) is 0.900. The zero-order valence-electron chi connectivity index (χ0n) is 17.6. The second-order valence-corrected chi connectivity index (χ2v) is 5.74. The van der Waals surface area contributed by atoms with Gasteiger partial charge in [-0.2, -0.15) is 0 Å². The number of rotatable bonds is 25. The molecule has 0 N–H and O–H groups in total. The van der Waals surface area contributed by atoms with Gasteiger partial charge in [-0.05, 0) is 12.8 Å². The smallest absolute Gasteiger partial charge is 0.0704 e. The van der Waals surface area contributed by atoms with E-state index in [0.29, 0.717) is 79.3 Å². The van der Waals surface area contributed by atoms with Crippen LogP contribution in [0.15, 0.2) is 12.7 Å². The van der Waals surface area contributed by atoms with Crippen LogP contribution in [0.4, 0.5) is 0 Å². The Kier molecular flexibility index (Phi) is 25.9. The zero-order chi connectivity index (χ0) is 20.4. The van der Waals surface area contributed by atoms with E-state index in [-0.39, 0.29) is 0 Å². The summed E-state index contributed by atoms with van der Waals surface area (Å²) in [6.45, 7) is 12.6. The van der Waals surface area contributed by atoms with E-state index in [4.69, 9.17) is 37.9 Å². The molecule has 0 aromatic heterocycles. The molecule has 8 nitrogen and oxygen atoms in total. The highest BCUT2D eigenvalue weighted by Gasteiger charge is 1.94. The van der Waals surface area contributed by atoms with E-state index in [1.807, 2.05) is 0 Å². The summed E-state index contributed by atoms with van der Waals surface area (Å²) in [5.41, 5.74) is 0. The maximum Gasteiger partial charge on any atom is 0.0704 e. The minimum absolute atomic E-state index is 0.548. The summed E-state index contributed by atoms with van der Waals surface area (Å²) in [7, 11) is 1.69. The third-order valence-electron chi connectivity index (χ3n) is 3.31. The van der Waals surface area contributed by atoms with Crippen molar-refractivity contribution in [2.24, 2.45) is 0 Å². The Bertz CT molecular complexity index is 291.